The second kappa shape index (κ2) is 6.59. The normalized spacial score (nSPS) is 19.4. The molecule has 1 unspecified atom stereocenters. The minimum atomic E-state index is -0.468. The van der Waals surface area contributed by atoms with E-state index in [1.165, 1.54) is 0 Å². The van der Waals surface area contributed by atoms with Gasteiger partial charge in [0.2, 0.25) is 0 Å². The second-order valence-electron chi connectivity index (χ2n) is 7.76. The van der Waals surface area contributed by atoms with E-state index in [-0.39, 0.29) is 12.1 Å². The summed E-state index contributed by atoms with van der Waals surface area (Å²) in [6.07, 6.45) is 1.45. The monoisotopic (exact) mass is 345 g/mol. The molecule has 1 saturated heterocycles. The van der Waals surface area contributed by atoms with Crippen molar-refractivity contribution >= 4 is 22.7 Å². The molecule has 0 bridgehead atoms. The Kier molecular flexibility index (Phi) is 4.64. The summed E-state index contributed by atoms with van der Waals surface area (Å²) in [5.41, 5.74) is 8.25. The number of carbonyl (C=O) groups is 1. The highest BCUT2D eigenvalue weighted by Gasteiger charge is 2.30. The van der Waals surface area contributed by atoms with E-state index in [1.807, 2.05) is 39.0 Å². The molecule has 1 atom stereocenters. The number of furan rings is 1. The molecule has 6 nitrogen and oxygen atoms in total. The third-order valence-corrected chi connectivity index (χ3v) is 4.44. The van der Waals surface area contributed by atoms with Crippen molar-refractivity contribution in [3.05, 3.63) is 30.0 Å². The van der Waals surface area contributed by atoms with Gasteiger partial charge in [-0.15, -0.1) is 0 Å². The van der Waals surface area contributed by atoms with Gasteiger partial charge in [-0.05, 0) is 45.9 Å². The van der Waals surface area contributed by atoms with Crippen molar-refractivity contribution in [3.8, 4) is 0 Å². The molecule has 2 N–H and O–H groups in total. The van der Waals surface area contributed by atoms with Crippen LogP contribution in [0.15, 0.2) is 28.9 Å². The molecule has 1 aliphatic rings. The molecule has 1 fully saturated rings. The number of hydrogen-bond acceptors (Lipinski definition) is 5. The topological polar surface area (TPSA) is 71.9 Å². The Morgan fingerprint density at radius 3 is 2.80 bits per heavy atom. The van der Waals surface area contributed by atoms with Crippen LogP contribution >= 0.6 is 0 Å². The first-order valence-corrected chi connectivity index (χ1v) is 8.70. The smallest absolute Gasteiger partial charge is 0.410 e. The average molecular weight is 345 g/mol. The summed E-state index contributed by atoms with van der Waals surface area (Å²) in [6.45, 7) is 10.6. The molecule has 0 aliphatic carbocycles. The van der Waals surface area contributed by atoms with E-state index in [4.69, 9.17) is 14.9 Å². The predicted octanol–water partition coefficient (Wildman–Crippen LogP) is 3.46. The fourth-order valence-corrected chi connectivity index (χ4v) is 3.24. The Morgan fingerprint density at radius 2 is 2.12 bits per heavy atom. The molecule has 2 aromatic rings. The third kappa shape index (κ3) is 4.07. The maximum absolute atomic E-state index is 12.3. The van der Waals surface area contributed by atoms with Crippen LogP contribution in [0.1, 0.15) is 33.3 Å². The van der Waals surface area contributed by atoms with Crippen molar-refractivity contribution in [1.82, 2.24) is 9.80 Å². The third-order valence-electron chi connectivity index (χ3n) is 4.44. The van der Waals surface area contributed by atoms with Crippen molar-refractivity contribution in [1.29, 1.82) is 0 Å². The molecule has 1 aromatic heterocycles. The van der Waals surface area contributed by atoms with Gasteiger partial charge in [0.1, 0.15) is 11.2 Å². The van der Waals surface area contributed by atoms with Gasteiger partial charge in [-0.2, -0.15) is 0 Å². The molecular weight excluding hydrogens is 318 g/mol. The number of rotatable bonds is 2. The fraction of sp³-hybridized carbons (Fsp3) is 0.526. The zero-order chi connectivity index (χ0) is 18.2. The molecule has 1 amide bonds. The number of nitrogen functional groups attached to an aromatic ring is 1. The van der Waals surface area contributed by atoms with Gasteiger partial charge in [0.25, 0.3) is 0 Å². The summed E-state index contributed by atoms with van der Waals surface area (Å²) in [5, 5.41) is 1.02. The summed E-state index contributed by atoms with van der Waals surface area (Å²) in [5.74, 6) is 0. The van der Waals surface area contributed by atoms with E-state index in [9.17, 15) is 4.79 Å². The van der Waals surface area contributed by atoms with Crippen LogP contribution in [0.25, 0.3) is 11.0 Å². The van der Waals surface area contributed by atoms with Gasteiger partial charge >= 0.3 is 6.09 Å². The number of ether oxygens (including phenoxy) is 1. The fourth-order valence-electron chi connectivity index (χ4n) is 3.24. The maximum atomic E-state index is 12.3. The van der Waals surface area contributed by atoms with Gasteiger partial charge in [0.15, 0.2) is 0 Å². The van der Waals surface area contributed by atoms with E-state index >= 15 is 0 Å². The quantitative estimate of drug-likeness (QED) is 0.844. The molecular formula is C19H27N3O3. The van der Waals surface area contributed by atoms with Crippen molar-refractivity contribution in [2.75, 3.05) is 25.4 Å². The lowest BCUT2D eigenvalue weighted by Crippen LogP contribution is -2.54. The molecule has 3 rings (SSSR count). The van der Waals surface area contributed by atoms with Crippen LogP contribution in [0, 0.1) is 0 Å². The number of nitrogens with two attached hydrogens (primary N) is 1. The van der Waals surface area contributed by atoms with Crippen LogP contribution < -0.4 is 5.73 Å². The van der Waals surface area contributed by atoms with Gasteiger partial charge in [-0.1, -0.05) is 0 Å². The maximum Gasteiger partial charge on any atom is 0.410 e. The largest absolute Gasteiger partial charge is 0.464 e. The first-order chi connectivity index (χ1) is 11.7. The summed E-state index contributed by atoms with van der Waals surface area (Å²) < 4.78 is 11.1. The Morgan fingerprint density at radius 1 is 1.36 bits per heavy atom. The molecule has 1 aromatic carbocycles. The SMILES string of the molecule is CC1CN(C(=O)OC(C)(C)C)CCN1Cc1cc(N)cc2ccoc12. The molecule has 6 heteroatoms. The lowest BCUT2D eigenvalue weighted by molar-refractivity contribution is 0.00463. The van der Waals surface area contributed by atoms with Gasteiger partial charge in [0, 0.05) is 48.9 Å². The Labute approximate surface area is 148 Å². The lowest BCUT2D eigenvalue weighted by atomic mass is 10.1. The standard InChI is InChI=1S/C19H27N3O3/c1-13-11-22(18(23)25-19(2,3)4)7-6-21(13)12-15-10-16(20)9-14-5-8-24-17(14)15/h5,8-10,13H,6-7,11-12,20H2,1-4H3. The highest BCUT2D eigenvalue weighted by molar-refractivity contribution is 5.84. The van der Waals surface area contributed by atoms with Gasteiger partial charge in [0.05, 0.1) is 6.26 Å². The minimum Gasteiger partial charge on any atom is -0.464 e. The van der Waals surface area contributed by atoms with Crippen LogP contribution in [0.2, 0.25) is 0 Å². The Balaban J connectivity index is 1.67. The second-order valence-corrected chi connectivity index (χ2v) is 7.76. The summed E-state index contributed by atoms with van der Waals surface area (Å²) >= 11 is 0. The number of benzene rings is 1. The summed E-state index contributed by atoms with van der Waals surface area (Å²) in [4.78, 5) is 16.4. The van der Waals surface area contributed by atoms with Gasteiger partial charge in [-0.3, -0.25) is 4.90 Å². The van der Waals surface area contributed by atoms with Crippen molar-refractivity contribution < 1.29 is 13.9 Å². The van der Waals surface area contributed by atoms with Crippen molar-refractivity contribution in [2.24, 2.45) is 0 Å². The number of nitrogens with zero attached hydrogens (tertiary/aromatic N) is 2. The van der Waals surface area contributed by atoms with E-state index in [2.05, 4.69) is 11.8 Å². The van der Waals surface area contributed by atoms with E-state index in [1.54, 1.807) is 11.2 Å². The van der Waals surface area contributed by atoms with E-state index < -0.39 is 5.60 Å². The number of fused-ring (bicyclic) bond motifs is 1. The van der Waals surface area contributed by atoms with Gasteiger partial charge < -0.3 is 19.8 Å². The van der Waals surface area contributed by atoms with Crippen LogP contribution in [-0.2, 0) is 11.3 Å². The number of carbonyl (C=O) groups excluding carboxylic acids is 1. The molecule has 25 heavy (non-hydrogen) atoms. The summed E-state index contributed by atoms with van der Waals surface area (Å²) in [6, 6.07) is 6.05. The van der Waals surface area contributed by atoms with Crippen molar-refractivity contribution in [2.45, 2.75) is 45.9 Å². The van der Waals surface area contributed by atoms with Crippen molar-refractivity contribution in [3.63, 3.8) is 0 Å². The molecule has 0 saturated carbocycles. The first-order valence-electron chi connectivity index (χ1n) is 8.70. The highest BCUT2D eigenvalue weighted by atomic mass is 16.6. The Bertz CT molecular complexity index is 763. The number of hydrogen-bond donors (Lipinski definition) is 1. The average Bonchev–Trinajstić information content (AvgIpc) is 2.95. The van der Waals surface area contributed by atoms with Crippen LogP contribution in [0.4, 0.5) is 10.5 Å². The number of anilines is 1. The summed E-state index contributed by atoms with van der Waals surface area (Å²) in [7, 11) is 0. The predicted molar refractivity (Wildman–Crippen MR) is 98.3 cm³/mol. The van der Waals surface area contributed by atoms with Crippen LogP contribution in [-0.4, -0.2) is 47.2 Å². The first kappa shape index (κ1) is 17.6. The molecule has 0 spiro atoms. The van der Waals surface area contributed by atoms with Gasteiger partial charge in [-0.25, -0.2) is 4.79 Å². The lowest BCUT2D eigenvalue weighted by Gasteiger charge is -2.40. The van der Waals surface area contributed by atoms with E-state index in [0.29, 0.717) is 13.1 Å². The number of piperazine rings is 1. The van der Waals surface area contributed by atoms with Crippen LogP contribution in [0.3, 0.4) is 0 Å². The minimum absolute atomic E-state index is 0.229. The highest BCUT2D eigenvalue weighted by Crippen LogP contribution is 2.26. The molecule has 136 valence electrons. The molecule has 0 radical (unpaired) electrons. The number of amides is 1. The Hall–Kier alpha value is -2.21. The zero-order valence-electron chi connectivity index (χ0n) is 15.4. The zero-order valence-corrected chi connectivity index (χ0v) is 15.4. The van der Waals surface area contributed by atoms with E-state index in [0.717, 1.165) is 35.3 Å². The molecule has 2 heterocycles. The molecule has 1 aliphatic heterocycles. The van der Waals surface area contributed by atoms with Crippen LogP contribution in [0.5, 0.6) is 0 Å².